The molecule has 1 N–H and O–H groups in total. The van der Waals surface area contributed by atoms with Crippen molar-refractivity contribution in [1.82, 2.24) is 19.9 Å². The van der Waals surface area contributed by atoms with Crippen LogP contribution in [0.1, 0.15) is 0 Å². The summed E-state index contributed by atoms with van der Waals surface area (Å²) in [6.07, 6.45) is 0. The molecule has 0 aliphatic carbocycles. The van der Waals surface area contributed by atoms with Gasteiger partial charge in [0.05, 0.1) is 5.75 Å². The molecule has 2 heterocycles. The Balaban J connectivity index is 2.51. The first-order chi connectivity index (χ1) is 8.47. The predicted octanol–water partition coefficient (Wildman–Crippen LogP) is 2.56. The summed E-state index contributed by atoms with van der Waals surface area (Å²) in [5.74, 6) is -1.17. The van der Waals surface area contributed by atoms with Gasteiger partial charge in [0.15, 0.2) is 15.5 Å². The summed E-state index contributed by atoms with van der Waals surface area (Å²) < 4.78 is 0. The number of halogens is 3. The van der Waals surface area contributed by atoms with E-state index in [0.29, 0.717) is 0 Å². The normalized spacial score (nSPS) is 10.8. The van der Waals surface area contributed by atoms with Crippen LogP contribution >= 0.6 is 46.6 Å². The molecule has 0 aromatic carbocycles. The third-order valence-corrected chi connectivity index (χ3v) is 3.26. The maximum Gasteiger partial charge on any atom is 0.313 e. The molecule has 94 valence electrons. The Hall–Kier alpha value is -0.890. The van der Waals surface area contributed by atoms with Crippen molar-refractivity contribution in [3.63, 3.8) is 0 Å². The van der Waals surface area contributed by atoms with E-state index in [1.807, 2.05) is 0 Å². The van der Waals surface area contributed by atoms with Crippen molar-refractivity contribution in [3.8, 4) is 0 Å². The maximum atomic E-state index is 10.5. The van der Waals surface area contributed by atoms with E-state index in [2.05, 4.69) is 19.9 Å². The Labute approximate surface area is 120 Å². The monoisotopic (exact) mass is 324 g/mol. The Kier molecular flexibility index (Phi) is 4.06. The SMILES string of the molecule is O=C(O)CSc1nc(Cl)c2nc(Cl)nc(Cl)c2n1. The summed E-state index contributed by atoms with van der Waals surface area (Å²) in [4.78, 5) is 26.0. The number of carbonyl (C=O) groups is 1. The molecule has 0 saturated carbocycles. The quantitative estimate of drug-likeness (QED) is 0.527. The van der Waals surface area contributed by atoms with E-state index in [9.17, 15) is 4.79 Å². The lowest BCUT2D eigenvalue weighted by molar-refractivity contribution is -0.133. The van der Waals surface area contributed by atoms with E-state index >= 15 is 0 Å². The molecular weight excluding hydrogens is 323 g/mol. The summed E-state index contributed by atoms with van der Waals surface area (Å²) in [5, 5.41) is 8.76. The van der Waals surface area contributed by atoms with Crippen molar-refractivity contribution < 1.29 is 9.90 Å². The van der Waals surface area contributed by atoms with E-state index < -0.39 is 5.97 Å². The van der Waals surface area contributed by atoms with Crippen LogP contribution in [0.4, 0.5) is 0 Å². The lowest BCUT2D eigenvalue weighted by Crippen LogP contribution is -2.01. The first-order valence-electron chi connectivity index (χ1n) is 4.38. The van der Waals surface area contributed by atoms with Crippen LogP contribution in [-0.2, 0) is 4.79 Å². The fraction of sp³-hybridized carbons (Fsp3) is 0.125. The zero-order chi connectivity index (χ0) is 13.3. The Morgan fingerprint density at radius 2 is 1.67 bits per heavy atom. The van der Waals surface area contributed by atoms with Gasteiger partial charge in [-0.2, -0.15) is 0 Å². The maximum absolute atomic E-state index is 10.5. The minimum atomic E-state index is -0.988. The van der Waals surface area contributed by atoms with E-state index in [-0.39, 0.29) is 37.5 Å². The molecule has 0 atom stereocenters. The standard InChI is InChI=1S/C8H3Cl3N4O2S/c9-5-4-3(12-7(11)14-5)6(10)15-8(13-4)18-1-2(16)17/h1H2,(H,16,17). The average Bonchev–Trinajstić information content (AvgIpc) is 2.28. The third kappa shape index (κ3) is 2.92. The Morgan fingerprint density at radius 3 is 2.33 bits per heavy atom. The predicted molar refractivity (Wildman–Crippen MR) is 68.5 cm³/mol. The molecule has 0 fully saturated rings. The molecule has 0 amide bonds. The van der Waals surface area contributed by atoms with Gasteiger partial charge in [-0.3, -0.25) is 4.79 Å². The van der Waals surface area contributed by atoms with E-state index in [1.54, 1.807) is 0 Å². The number of nitrogens with zero attached hydrogens (tertiary/aromatic N) is 4. The number of carboxylic acids is 1. The van der Waals surface area contributed by atoms with Gasteiger partial charge in [0.25, 0.3) is 0 Å². The smallest absolute Gasteiger partial charge is 0.313 e. The van der Waals surface area contributed by atoms with Gasteiger partial charge in [0.1, 0.15) is 11.0 Å². The highest BCUT2D eigenvalue weighted by Crippen LogP contribution is 2.27. The fourth-order valence-corrected chi connectivity index (χ4v) is 2.34. The first-order valence-corrected chi connectivity index (χ1v) is 6.50. The number of hydrogen-bond acceptors (Lipinski definition) is 6. The number of aliphatic carboxylic acids is 1. The average molecular weight is 326 g/mol. The number of carboxylic acid groups (broad SMARTS) is 1. The van der Waals surface area contributed by atoms with Crippen LogP contribution in [0.5, 0.6) is 0 Å². The van der Waals surface area contributed by atoms with Crippen LogP contribution in [0.3, 0.4) is 0 Å². The van der Waals surface area contributed by atoms with Crippen molar-refractivity contribution in [3.05, 3.63) is 15.6 Å². The summed E-state index contributed by atoms with van der Waals surface area (Å²) in [7, 11) is 0. The highest BCUT2D eigenvalue weighted by molar-refractivity contribution is 7.99. The number of rotatable bonds is 3. The largest absolute Gasteiger partial charge is 0.481 e. The third-order valence-electron chi connectivity index (χ3n) is 1.74. The second kappa shape index (κ2) is 5.40. The van der Waals surface area contributed by atoms with Crippen LogP contribution in [0.15, 0.2) is 5.16 Å². The van der Waals surface area contributed by atoms with Gasteiger partial charge in [-0.05, 0) is 11.6 Å². The van der Waals surface area contributed by atoms with E-state index in [4.69, 9.17) is 39.9 Å². The zero-order valence-electron chi connectivity index (χ0n) is 8.39. The summed E-state index contributed by atoms with van der Waals surface area (Å²) in [5.41, 5.74) is 0.454. The molecule has 2 aromatic rings. The van der Waals surface area contributed by atoms with Gasteiger partial charge in [-0.1, -0.05) is 35.0 Å². The van der Waals surface area contributed by atoms with Crippen LogP contribution in [0, 0.1) is 0 Å². The topological polar surface area (TPSA) is 88.9 Å². The van der Waals surface area contributed by atoms with E-state index in [1.165, 1.54) is 0 Å². The second-order valence-corrected chi connectivity index (χ2v) is 4.96. The molecule has 18 heavy (non-hydrogen) atoms. The fourth-order valence-electron chi connectivity index (χ4n) is 1.09. The molecule has 2 rings (SSSR count). The molecule has 0 radical (unpaired) electrons. The van der Waals surface area contributed by atoms with Gasteiger partial charge >= 0.3 is 5.97 Å². The van der Waals surface area contributed by atoms with Crippen molar-refractivity contribution in [2.75, 3.05) is 5.75 Å². The van der Waals surface area contributed by atoms with Gasteiger partial charge < -0.3 is 5.11 Å². The molecule has 0 bridgehead atoms. The molecule has 6 nitrogen and oxygen atoms in total. The van der Waals surface area contributed by atoms with Crippen molar-refractivity contribution in [2.45, 2.75) is 5.16 Å². The summed E-state index contributed by atoms with van der Waals surface area (Å²) in [6.45, 7) is 0. The van der Waals surface area contributed by atoms with Gasteiger partial charge in [-0.15, -0.1) is 0 Å². The number of hydrogen-bond donors (Lipinski definition) is 1. The number of aromatic nitrogens is 4. The minimum Gasteiger partial charge on any atom is -0.481 e. The lowest BCUT2D eigenvalue weighted by Gasteiger charge is -2.03. The van der Waals surface area contributed by atoms with Crippen molar-refractivity contribution >= 4 is 63.6 Å². The summed E-state index contributed by atoms with van der Waals surface area (Å²) >= 11 is 18.3. The number of thioether (sulfide) groups is 1. The van der Waals surface area contributed by atoms with Gasteiger partial charge in [0, 0.05) is 0 Å². The number of fused-ring (bicyclic) bond motifs is 1. The molecule has 0 spiro atoms. The van der Waals surface area contributed by atoms with Gasteiger partial charge in [0.2, 0.25) is 5.28 Å². The Morgan fingerprint density at radius 1 is 1.06 bits per heavy atom. The molecule has 0 saturated heterocycles. The van der Waals surface area contributed by atoms with Crippen molar-refractivity contribution in [2.24, 2.45) is 0 Å². The van der Waals surface area contributed by atoms with Gasteiger partial charge in [-0.25, -0.2) is 19.9 Å². The minimum absolute atomic E-state index is 0.0338. The molecule has 10 heteroatoms. The first kappa shape index (κ1) is 13.5. The lowest BCUT2D eigenvalue weighted by atomic mass is 10.4. The zero-order valence-corrected chi connectivity index (χ0v) is 11.5. The Bertz CT molecular complexity index is 639. The highest BCUT2D eigenvalue weighted by Gasteiger charge is 2.14. The molecule has 0 unspecified atom stereocenters. The highest BCUT2D eigenvalue weighted by atomic mass is 35.5. The van der Waals surface area contributed by atoms with Crippen molar-refractivity contribution in [1.29, 1.82) is 0 Å². The van der Waals surface area contributed by atoms with Crippen LogP contribution in [0.25, 0.3) is 11.0 Å². The van der Waals surface area contributed by atoms with Crippen LogP contribution in [0.2, 0.25) is 15.6 Å². The van der Waals surface area contributed by atoms with Crippen LogP contribution < -0.4 is 0 Å². The molecule has 0 aliphatic heterocycles. The molecule has 2 aromatic heterocycles. The molecular formula is C8H3Cl3N4O2S. The second-order valence-electron chi connectivity index (χ2n) is 2.96. The summed E-state index contributed by atoms with van der Waals surface area (Å²) in [6, 6.07) is 0. The van der Waals surface area contributed by atoms with Crippen LogP contribution in [-0.4, -0.2) is 36.8 Å². The van der Waals surface area contributed by atoms with E-state index in [0.717, 1.165) is 11.8 Å². The molecule has 0 aliphatic rings.